The molecule has 0 saturated carbocycles. The van der Waals surface area contributed by atoms with E-state index in [9.17, 15) is 9.59 Å². The number of esters is 1. The third kappa shape index (κ3) is 2.97. The van der Waals surface area contributed by atoms with E-state index in [1.54, 1.807) is 25.7 Å². The first-order chi connectivity index (χ1) is 9.99. The van der Waals surface area contributed by atoms with Crippen LogP contribution >= 0.6 is 11.8 Å². The number of hydrogen-bond acceptors (Lipinski definition) is 4. The Balaban J connectivity index is 2.48. The van der Waals surface area contributed by atoms with Crippen LogP contribution in [0.1, 0.15) is 24.8 Å². The van der Waals surface area contributed by atoms with E-state index in [-0.39, 0.29) is 24.2 Å². The van der Waals surface area contributed by atoms with Crippen LogP contribution in [-0.2, 0) is 14.3 Å². The van der Waals surface area contributed by atoms with Crippen molar-refractivity contribution in [1.82, 2.24) is 4.90 Å². The fourth-order valence-corrected chi connectivity index (χ4v) is 2.96. The smallest absolute Gasteiger partial charge is 0.336 e. The molecule has 0 fully saturated rings. The van der Waals surface area contributed by atoms with E-state index in [0.717, 1.165) is 10.5 Å². The molecule has 0 spiro atoms. The quantitative estimate of drug-likeness (QED) is 0.636. The summed E-state index contributed by atoms with van der Waals surface area (Å²) in [5, 5.41) is 0. The number of methoxy groups -OCH3 is 1. The molecule has 0 saturated heterocycles. The van der Waals surface area contributed by atoms with Gasteiger partial charge in [-0.3, -0.25) is 4.79 Å². The zero-order valence-corrected chi connectivity index (χ0v) is 13.5. The Morgan fingerprint density at radius 3 is 2.48 bits per heavy atom. The molecule has 112 valence electrons. The van der Waals surface area contributed by atoms with Gasteiger partial charge in [0.2, 0.25) is 5.91 Å². The number of carbonyl (C=O) groups is 2. The number of ether oxygens (including phenoxy) is 1. The van der Waals surface area contributed by atoms with Gasteiger partial charge in [0.15, 0.2) is 0 Å². The summed E-state index contributed by atoms with van der Waals surface area (Å²) in [6, 6.07) is 7.97. The minimum absolute atomic E-state index is 0.0131. The third-order valence-electron chi connectivity index (χ3n) is 3.92. The van der Waals surface area contributed by atoms with Crippen LogP contribution < -0.4 is 0 Å². The Kier molecular flexibility index (Phi) is 4.73. The average molecular weight is 305 g/mol. The number of hydrogen-bond donors (Lipinski definition) is 0. The van der Waals surface area contributed by atoms with Crippen molar-refractivity contribution in [3.05, 3.63) is 41.1 Å². The lowest BCUT2D eigenvalue weighted by Gasteiger charge is -2.31. The first kappa shape index (κ1) is 15.6. The fourth-order valence-electron chi connectivity index (χ4n) is 2.55. The predicted octanol–water partition coefficient (Wildman–Crippen LogP) is 2.80. The van der Waals surface area contributed by atoms with E-state index in [1.165, 1.54) is 12.0 Å². The van der Waals surface area contributed by atoms with Crippen molar-refractivity contribution in [2.24, 2.45) is 0 Å². The molecule has 1 aromatic carbocycles. The van der Waals surface area contributed by atoms with Gasteiger partial charge in [0, 0.05) is 30.0 Å². The van der Waals surface area contributed by atoms with Crippen LogP contribution in [0.5, 0.6) is 0 Å². The molecule has 0 radical (unpaired) electrons. The SMILES string of the molecule is COC(=O)C1=C(C)N(C)C(=O)CC1c1ccc(SC)cc1. The maximum atomic E-state index is 12.1. The molecule has 1 atom stereocenters. The van der Waals surface area contributed by atoms with Gasteiger partial charge in [-0.15, -0.1) is 11.8 Å². The molecule has 0 N–H and O–H groups in total. The lowest BCUT2D eigenvalue weighted by molar-refractivity contribution is -0.137. The van der Waals surface area contributed by atoms with Crippen molar-refractivity contribution in [3.8, 4) is 0 Å². The molecule has 1 aliphatic rings. The van der Waals surface area contributed by atoms with E-state index < -0.39 is 0 Å². The highest BCUT2D eigenvalue weighted by atomic mass is 32.2. The largest absolute Gasteiger partial charge is 0.466 e. The number of amides is 1. The van der Waals surface area contributed by atoms with Gasteiger partial charge in [0.05, 0.1) is 12.7 Å². The summed E-state index contributed by atoms with van der Waals surface area (Å²) >= 11 is 1.66. The van der Waals surface area contributed by atoms with E-state index in [0.29, 0.717) is 11.3 Å². The van der Waals surface area contributed by atoms with Crippen LogP contribution in [0.15, 0.2) is 40.4 Å². The Hall–Kier alpha value is -1.75. The summed E-state index contributed by atoms with van der Waals surface area (Å²) in [7, 11) is 3.06. The molecule has 0 aliphatic carbocycles. The number of allylic oxidation sites excluding steroid dienone is 1. The van der Waals surface area contributed by atoms with Crippen LogP contribution in [0.3, 0.4) is 0 Å². The van der Waals surface area contributed by atoms with Crippen molar-refractivity contribution in [2.75, 3.05) is 20.4 Å². The minimum Gasteiger partial charge on any atom is -0.466 e. The minimum atomic E-state index is -0.370. The van der Waals surface area contributed by atoms with Crippen molar-refractivity contribution in [3.63, 3.8) is 0 Å². The van der Waals surface area contributed by atoms with Crippen molar-refractivity contribution < 1.29 is 14.3 Å². The van der Waals surface area contributed by atoms with Gasteiger partial charge < -0.3 is 9.64 Å². The van der Waals surface area contributed by atoms with Crippen molar-refractivity contribution in [2.45, 2.75) is 24.2 Å². The second kappa shape index (κ2) is 6.35. The van der Waals surface area contributed by atoms with Gasteiger partial charge >= 0.3 is 5.97 Å². The van der Waals surface area contributed by atoms with Gasteiger partial charge in [0.1, 0.15) is 0 Å². The lowest BCUT2D eigenvalue weighted by atomic mass is 9.84. The summed E-state index contributed by atoms with van der Waals surface area (Å²) in [6.45, 7) is 1.78. The van der Waals surface area contributed by atoms with Crippen molar-refractivity contribution >= 4 is 23.6 Å². The van der Waals surface area contributed by atoms with E-state index in [1.807, 2.05) is 30.5 Å². The molecule has 21 heavy (non-hydrogen) atoms. The van der Waals surface area contributed by atoms with Crippen LogP contribution in [-0.4, -0.2) is 37.2 Å². The first-order valence-electron chi connectivity index (χ1n) is 6.69. The van der Waals surface area contributed by atoms with Gasteiger partial charge in [-0.25, -0.2) is 4.79 Å². The number of rotatable bonds is 3. The summed E-state index contributed by atoms with van der Waals surface area (Å²) < 4.78 is 4.90. The zero-order valence-electron chi connectivity index (χ0n) is 12.7. The van der Waals surface area contributed by atoms with Crippen LogP contribution in [0.25, 0.3) is 0 Å². The Labute approximate surface area is 129 Å². The van der Waals surface area contributed by atoms with Crippen LogP contribution in [0.4, 0.5) is 0 Å². The summed E-state index contributed by atoms with van der Waals surface area (Å²) in [4.78, 5) is 26.9. The normalized spacial score (nSPS) is 19.0. The van der Waals surface area contributed by atoms with Crippen LogP contribution in [0, 0.1) is 0 Å². The molecule has 0 aromatic heterocycles. The van der Waals surface area contributed by atoms with E-state index in [2.05, 4.69) is 0 Å². The summed E-state index contributed by atoms with van der Waals surface area (Å²) in [5.41, 5.74) is 2.20. The van der Waals surface area contributed by atoms with Gasteiger partial charge in [-0.1, -0.05) is 12.1 Å². The number of carbonyl (C=O) groups excluding carboxylic acids is 2. The average Bonchev–Trinajstić information content (AvgIpc) is 2.51. The molecular weight excluding hydrogens is 286 g/mol. The molecule has 1 aliphatic heterocycles. The van der Waals surface area contributed by atoms with E-state index >= 15 is 0 Å². The number of benzene rings is 1. The topological polar surface area (TPSA) is 46.6 Å². The highest BCUT2D eigenvalue weighted by molar-refractivity contribution is 7.98. The molecular formula is C16H19NO3S. The molecule has 1 heterocycles. The number of thioether (sulfide) groups is 1. The zero-order chi connectivity index (χ0) is 15.6. The Bertz CT molecular complexity index is 592. The second-order valence-corrected chi connectivity index (χ2v) is 5.85. The monoisotopic (exact) mass is 305 g/mol. The summed E-state index contributed by atoms with van der Waals surface area (Å²) in [6.07, 6.45) is 2.30. The third-order valence-corrected chi connectivity index (χ3v) is 4.66. The Morgan fingerprint density at radius 2 is 1.95 bits per heavy atom. The molecule has 1 aromatic rings. The van der Waals surface area contributed by atoms with Crippen LogP contribution in [0.2, 0.25) is 0 Å². The van der Waals surface area contributed by atoms with Gasteiger partial charge in [-0.05, 0) is 30.9 Å². The molecule has 0 bridgehead atoms. The standard InChI is InChI=1S/C16H19NO3S/c1-10-15(16(19)20-3)13(9-14(18)17(10)2)11-5-7-12(21-4)8-6-11/h5-8,13H,9H2,1-4H3. The first-order valence-corrected chi connectivity index (χ1v) is 7.91. The fraction of sp³-hybridized carbons (Fsp3) is 0.375. The predicted molar refractivity (Wildman–Crippen MR) is 83.1 cm³/mol. The highest BCUT2D eigenvalue weighted by Crippen LogP contribution is 2.36. The second-order valence-electron chi connectivity index (χ2n) is 4.97. The van der Waals surface area contributed by atoms with Gasteiger partial charge in [0.25, 0.3) is 0 Å². The molecule has 1 unspecified atom stereocenters. The lowest BCUT2D eigenvalue weighted by Crippen LogP contribution is -2.35. The molecule has 2 rings (SSSR count). The highest BCUT2D eigenvalue weighted by Gasteiger charge is 2.35. The maximum absolute atomic E-state index is 12.1. The maximum Gasteiger partial charge on any atom is 0.336 e. The van der Waals surface area contributed by atoms with Gasteiger partial charge in [-0.2, -0.15) is 0 Å². The van der Waals surface area contributed by atoms with E-state index in [4.69, 9.17) is 4.74 Å². The van der Waals surface area contributed by atoms with Crippen molar-refractivity contribution in [1.29, 1.82) is 0 Å². The molecule has 5 heteroatoms. The number of nitrogens with zero attached hydrogens (tertiary/aromatic N) is 1. The summed E-state index contributed by atoms with van der Waals surface area (Å²) in [5.74, 6) is -0.595. The Morgan fingerprint density at radius 1 is 1.33 bits per heavy atom. The molecule has 1 amide bonds. The molecule has 4 nitrogen and oxygen atoms in total.